The van der Waals surface area contributed by atoms with Crippen molar-refractivity contribution in [2.75, 3.05) is 6.61 Å². The molecule has 1 aliphatic rings. The van der Waals surface area contributed by atoms with Gasteiger partial charge in [0.25, 0.3) is 0 Å². The molecule has 1 aromatic rings. The van der Waals surface area contributed by atoms with E-state index >= 15 is 0 Å². The molecule has 0 aliphatic carbocycles. The molecule has 0 radical (unpaired) electrons. The molecule has 0 saturated carbocycles. The minimum absolute atomic E-state index is 0.0283. The van der Waals surface area contributed by atoms with E-state index in [1.165, 1.54) is 19.3 Å². The number of nitrogens with zero attached hydrogens (tertiary/aromatic N) is 2. The van der Waals surface area contributed by atoms with E-state index < -0.39 is 42.9 Å². The second-order valence-corrected chi connectivity index (χ2v) is 8.98. The summed E-state index contributed by atoms with van der Waals surface area (Å²) < 4.78 is 23.2. The molecular formula is C10H14Cl2N3O6P. The van der Waals surface area contributed by atoms with Gasteiger partial charge >= 0.3 is 11.8 Å². The first-order chi connectivity index (χ1) is 10.1. The Kier molecular flexibility index (Phi) is 5.18. The van der Waals surface area contributed by atoms with Crippen molar-refractivity contribution in [1.82, 2.24) is 9.13 Å². The molecule has 9 nitrogen and oxygen atoms in total. The maximum absolute atomic E-state index is 12.1. The number of halogens is 2. The van der Waals surface area contributed by atoms with E-state index in [1.54, 1.807) is 0 Å². The minimum atomic E-state index is -3.81. The summed E-state index contributed by atoms with van der Waals surface area (Å²) in [6.07, 6.45) is -7.61. The van der Waals surface area contributed by atoms with Gasteiger partial charge in [-0.2, -0.15) is 0 Å². The lowest BCUT2D eigenvalue weighted by molar-refractivity contribution is -0.0512. The molecule has 0 aromatic carbocycles. The Morgan fingerprint density at radius 2 is 2.09 bits per heavy atom. The van der Waals surface area contributed by atoms with E-state index in [9.17, 15) is 19.6 Å². The van der Waals surface area contributed by atoms with Gasteiger partial charge in [0.15, 0.2) is 6.23 Å². The third-order valence-electron chi connectivity index (χ3n) is 3.26. The zero-order valence-electron chi connectivity index (χ0n) is 11.3. The average molecular weight is 374 g/mol. The van der Waals surface area contributed by atoms with Gasteiger partial charge in [-0.25, -0.2) is 4.79 Å². The Hall–Kier alpha value is -0.670. The number of aliphatic hydroxyl groups excluding tert-OH is 2. The van der Waals surface area contributed by atoms with Crippen molar-refractivity contribution in [3.63, 3.8) is 0 Å². The Morgan fingerprint density at radius 3 is 2.68 bits per heavy atom. The molecule has 2 rings (SSSR count). The second-order valence-electron chi connectivity index (χ2n) is 4.71. The molecule has 0 bridgehead atoms. The third-order valence-corrected chi connectivity index (χ3v) is 4.30. The largest absolute Gasteiger partial charge is 0.387 e. The van der Waals surface area contributed by atoms with Crippen LogP contribution in [0.15, 0.2) is 17.1 Å². The number of hydrogen-bond acceptors (Lipinski definition) is 7. The van der Waals surface area contributed by atoms with Crippen LogP contribution >= 0.6 is 28.6 Å². The van der Waals surface area contributed by atoms with Gasteiger partial charge in [-0.05, 0) is 28.5 Å². The lowest BCUT2D eigenvalue weighted by atomic mass is 10.1. The van der Waals surface area contributed by atoms with Crippen LogP contribution in [0, 0.1) is 5.41 Å². The Labute approximate surface area is 134 Å². The summed E-state index contributed by atoms with van der Waals surface area (Å²) in [5.41, 5.74) is -0.634. The van der Waals surface area contributed by atoms with Gasteiger partial charge < -0.3 is 19.5 Å². The van der Waals surface area contributed by atoms with Crippen molar-refractivity contribution in [3.05, 3.63) is 28.2 Å². The SMILES string of the molecule is Cn1c(=N)ccn(C2OC(COP(=O)(Cl)Cl)C(O)C2O)c1=O. The molecule has 12 heteroatoms. The molecule has 124 valence electrons. The first-order valence-corrected chi connectivity index (χ1v) is 9.53. The van der Waals surface area contributed by atoms with E-state index in [1.807, 2.05) is 0 Å². The van der Waals surface area contributed by atoms with Gasteiger partial charge in [-0.15, -0.1) is 0 Å². The first-order valence-electron chi connectivity index (χ1n) is 6.10. The van der Waals surface area contributed by atoms with Crippen LogP contribution in [0.2, 0.25) is 0 Å². The number of rotatable bonds is 4. The van der Waals surface area contributed by atoms with Crippen LogP contribution in [0.1, 0.15) is 6.23 Å². The molecule has 4 unspecified atom stereocenters. The van der Waals surface area contributed by atoms with E-state index in [4.69, 9.17) is 32.6 Å². The van der Waals surface area contributed by atoms with Crippen LogP contribution in [0.4, 0.5) is 0 Å². The molecule has 1 aromatic heterocycles. The lowest BCUT2D eigenvalue weighted by Gasteiger charge is -2.18. The summed E-state index contributed by atoms with van der Waals surface area (Å²) in [6.45, 7) is -0.420. The summed E-state index contributed by atoms with van der Waals surface area (Å²) in [6, 6.07) is 1.33. The summed E-state index contributed by atoms with van der Waals surface area (Å²) in [5.74, 6) is 0. The summed E-state index contributed by atoms with van der Waals surface area (Å²) >= 11 is 10.5. The van der Waals surface area contributed by atoms with E-state index in [0.717, 1.165) is 9.13 Å². The summed E-state index contributed by atoms with van der Waals surface area (Å²) in [7, 11) is 1.39. The number of aromatic nitrogens is 2. The Balaban J connectivity index is 2.24. The van der Waals surface area contributed by atoms with Gasteiger partial charge in [-0.1, -0.05) is 0 Å². The second kappa shape index (κ2) is 6.45. The molecule has 22 heavy (non-hydrogen) atoms. The molecule has 0 spiro atoms. The van der Waals surface area contributed by atoms with Gasteiger partial charge in [0, 0.05) is 13.2 Å². The fraction of sp³-hybridized carbons (Fsp3) is 0.600. The van der Waals surface area contributed by atoms with Crippen LogP contribution in [0.3, 0.4) is 0 Å². The zero-order valence-corrected chi connectivity index (χ0v) is 13.7. The van der Waals surface area contributed by atoms with Crippen molar-refractivity contribution < 1.29 is 24.0 Å². The van der Waals surface area contributed by atoms with Crippen molar-refractivity contribution >= 4 is 28.6 Å². The zero-order chi connectivity index (χ0) is 16.7. The monoisotopic (exact) mass is 373 g/mol. The normalized spacial score (nSPS) is 29.0. The van der Waals surface area contributed by atoms with E-state index in [-0.39, 0.29) is 5.49 Å². The van der Waals surface area contributed by atoms with Crippen LogP contribution in [0.25, 0.3) is 0 Å². The van der Waals surface area contributed by atoms with Crippen LogP contribution in [-0.4, -0.2) is 44.3 Å². The number of aliphatic hydroxyl groups is 2. The van der Waals surface area contributed by atoms with Crippen molar-refractivity contribution in [3.8, 4) is 0 Å². The number of hydrogen-bond donors (Lipinski definition) is 3. The topological polar surface area (TPSA) is 127 Å². The number of nitrogens with one attached hydrogen (secondary N) is 1. The highest BCUT2D eigenvalue weighted by atomic mass is 35.9. The fourth-order valence-electron chi connectivity index (χ4n) is 2.05. The molecule has 3 N–H and O–H groups in total. The molecule has 4 atom stereocenters. The third kappa shape index (κ3) is 3.62. The first kappa shape index (κ1) is 17.7. The molecule has 1 saturated heterocycles. The summed E-state index contributed by atoms with van der Waals surface area (Å²) in [4.78, 5) is 12.1. The van der Waals surface area contributed by atoms with Crippen LogP contribution < -0.4 is 11.2 Å². The predicted octanol–water partition coefficient (Wildman–Crippen LogP) is -0.112. The van der Waals surface area contributed by atoms with Gasteiger partial charge in [0.05, 0.1) is 6.61 Å². The highest BCUT2D eigenvalue weighted by Gasteiger charge is 2.44. The van der Waals surface area contributed by atoms with Crippen LogP contribution in [-0.2, 0) is 20.9 Å². The summed E-state index contributed by atoms with van der Waals surface area (Å²) in [5, 5.41) is 27.4. The Bertz CT molecular complexity index is 715. The van der Waals surface area contributed by atoms with Crippen molar-refractivity contribution in [2.24, 2.45) is 7.05 Å². The predicted molar refractivity (Wildman–Crippen MR) is 76.7 cm³/mol. The standard InChI is InChI=1S/C10H14Cl2N3O6P/c1-14-6(13)2-3-15(10(14)18)9-8(17)7(16)5(21-9)4-20-22(11,12)19/h2-3,5,7-9,13,16-17H,4H2,1H3. The minimum Gasteiger partial charge on any atom is -0.387 e. The highest BCUT2D eigenvalue weighted by molar-refractivity contribution is 8.05. The van der Waals surface area contributed by atoms with Crippen molar-refractivity contribution in [2.45, 2.75) is 24.5 Å². The van der Waals surface area contributed by atoms with E-state index in [2.05, 4.69) is 4.52 Å². The molecular weight excluding hydrogens is 360 g/mol. The molecule has 2 heterocycles. The smallest absolute Gasteiger partial charge is 0.380 e. The maximum Gasteiger partial charge on any atom is 0.380 e. The van der Waals surface area contributed by atoms with Gasteiger partial charge in [-0.3, -0.25) is 19.1 Å². The van der Waals surface area contributed by atoms with Gasteiger partial charge in [0.1, 0.15) is 23.8 Å². The maximum atomic E-state index is 12.1. The molecule has 1 fully saturated rings. The number of ether oxygens (including phenoxy) is 1. The molecule has 1 aliphatic heterocycles. The lowest BCUT2D eigenvalue weighted by Crippen LogP contribution is -2.41. The Morgan fingerprint density at radius 1 is 1.45 bits per heavy atom. The van der Waals surface area contributed by atoms with E-state index in [0.29, 0.717) is 0 Å². The van der Waals surface area contributed by atoms with Crippen molar-refractivity contribution in [1.29, 1.82) is 5.41 Å². The van der Waals surface area contributed by atoms with Gasteiger partial charge in [0.2, 0.25) is 0 Å². The average Bonchev–Trinajstić information content (AvgIpc) is 2.70. The molecule has 0 amide bonds. The quantitative estimate of drug-likeness (QED) is 0.631. The fourth-order valence-corrected chi connectivity index (χ4v) is 2.71. The van der Waals surface area contributed by atoms with Crippen LogP contribution in [0.5, 0.6) is 0 Å². The highest BCUT2D eigenvalue weighted by Crippen LogP contribution is 2.57.